The fourth-order valence-electron chi connectivity index (χ4n) is 2.31. The first kappa shape index (κ1) is 18.3. The molecular formula is C20H24ClNO2. The van der Waals surface area contributed by atoms with Crippen molar-refractivity contribution >= 4 is 23.2 Å². The molecule has 0 aromatic heterocycles. The van der Waals surface area contributed by atoms with Crippen molar-refractivity contribution in [3.63, 3.8) is 0 Å². The molecule has 0 atom stereocenters. The van der Waals surface area contributed by atoms with Crippen LogP contribution in [-0.2, 0) is 4.79 Å². The lowest BCUT2D eigenvalue weighted by Gasteiger charge is -2.10. The van der Waals surface area contributed by atoms with Gasteiger partial charge in [0.1, 0.15) is 5.75 Å². The lowest BCUT2D eigenvalue weighted by Crippen LogP contribution is -2.13. The molecule has 24 heavy (non-hydrogen) atoms. The minimum absolute atomic E-state index is 0.0286. The van der Waals surface area contributed by atoms with Crippen molar-refractivity contribution in [1.29, 1.82) is 0 Å². The Hall–Kier alpha value is -2.00. The zero-order valence-electron chi connectivity index (χ0n) is 14.4. The second kappa shape index (κ2) is 8.74. The van der Waals surface area contributed by atoms with Gasteiger partial charge in [-0.15, -0.1) is 0 Å². The molecule has 1 N–H and O–H groups in total. The maximum absolute atomic E-state index is 12.0. The normalized spacial score (nSPS) is 10.7. The average molecular weight is 346 g/mol. The van der Waals surface area contributed by atoms with Gasteiger partial charge in [-0.05, 0) is 54.7 Å². The van der Waals surface area contributed by atoms with Crippen molar-refractivity contribution in [1.82, 2.24) is 0 Å². The average Bonchev–Trinajstić information content (AvgIpc) is 2.55. The number of benzene rings is 2. The number of halogens is 1. The molecule has 1 amide bonds. The van der Waals surface area contributed by atoms with Crippen LogP contribution in [0.25, 0.3) is 0 Å². The van der Waals surface area contributed by atoms with Crippen LogP contribution in [0.3, 0.4) is 0 Å². The fourth-order valence-corrected chi connectivity index (χ4v) is 2.49. The summed E-state index contributed by atoms with van der Waals surface area (Å²) in [5.74, 6) is 1.32. The van der Waals surface area contributed by atoms with E-state index in [-0.39, 0.29) is 5.91 Å². The number of hydrogen-bond donors (Lipinski definition) is 1. The minimum Gasteiger partial charge on any atom is -0.494 e. The smallest absolute Gasteiger partial charge is 0.224 e. The Morgan fingerprint density at radius 3 is 2.54 bits per heavy atom. The topological polar surface area (TPSA) is 38.3 Å². The number of carbonyl (C=O) groups is 1. The highest BCUT2D eigenvalue weighted by Gasteiger charge is 2.06. The molecule has 0 aliphatic carbocycles. The van der Waals surface area contributed by atoms with Gasteiger partial charge in [0.15, 0.2) is 0 Å². The largest absolute Gasteiger partial charge is 0.494 e. The third-order valence-electron chi connectivity index (χ3n) is 3.84. The molecule has 0 spiro atoms. The van der Waals surface area contributed by atoms with Crippen molar-refractivity contribution in [3.8, 4) is 5.75 Å². The fraction of sp³-hybridized carbons (Fsp3) is 0.350. The van der Waals surface area contributed by atoms with Crippen LogP contribution < -0.4 is 10.1 Å². The molecule has 0 saturated carbocycles. The first-order valence-corrected chi connectivity index (χ1v) is 8.62. The van der Waals surface area contributed by atoms with Gasteiger partial charge >= 0.3 is 0 Å². The Morgan fingerprint density at radius 1 is 1.17 bits per heavy atom. The molecule has 2 rings (SSSR count). The van der Waals surface area contributed by atoms with Crippen LogP contribution in [0.4, 0.5) is 5.69 Å². The Kier molecular flexibility index (Phi) is 6.68. The third kappa shape index (κ3) is 5.57. The predicted octanol–water partition coefficient (Wildman–Crippen LogP) is 5.57. The summed E-state index contributed by atoms with van der Waals surface area (Å²) in [5, 5.41) is 3.51. The van der Waals surface area contributed by atoms with Crippen LogP contribution >= 0.6 is 11.6 Å². The van der Waals surface area contributed by atoms with Crippen LogP contribution in [0.5, 0.6) is 5.75 Å². The monoisotopic (exact) mass is 345 g/mol. The van der Waals surface area contributed by atoms with E-state index < -0.39 is 0 Å². The van der Waals surface area contributed by atoms with Crippen LogP contribution in [0.15, 0.2) is 42.5 Å². The molecule has 128 valence electrons. The predicted molar refractivity (Wildman–Crippen MR) is 100 cm³/mol. The molecule has 0 fully saturated rings. The van der Waals surface area contributed by atoms with Gasteiger partial charge in [0.05, 0.1) is 6.61 Å². The standard InChI is InChI=1S/C20H24ClNO2/c1-14(2)16-7-10-18(11-8-16)24-12-4-5-20(23)22-19-13-17(21)9-6-15(19)3/h6-11,13-14H,4-5,12H2,1-3H3,(H,22,23). The van der Waals surface area contributed by atoms with Crippen molar-refractivity contribution in [2.24, 2.45) is 0 Å². The SMILES string of the molecule is Cc1ccc(Cl)cc1NC(=O)CCCOc1ccc(C(C)C)cc1. The van der Waals surface area contributed by atoms with Crippen molar-refractivity contribution in [2.45, 2.75) is 39.5 Å². The maximum Gasteiger partial charge on any atom is 0.224 e. The number of nitrogens with one attached hydrogen (secondary N) is 1. The summed E-state index contributed by atoms with van der Waals surface area (Å²) in [6.45, 7) is 6.78. The molecule has 4 heteroatoms. The Balaban J connectivity index is 1.73. The number of amides is 1. The summed E-state index contributed by atoms with van der Waals surface area (Å²) >= 11 is 5.95. The van der Waals surface area contributed by atoms with Gasteiger partial charge in [-0.25, -0.2) is 0 Å². The second-order valence-corrected chi connectivity index (χ2v) is 6.62. The van der Waals surface area contributed by atoms with E-state index in [2.05, 4.69) is 31.3 Å². The molecule has 0 aliphatic heterocycles. The quantitative estimate of drug-likeness (QED) is 0.666. The summed E-state index contributed by atoms with van der Waals surface area (Å²) in [6.07, 6.45) is 1.08. The van der Waals surface area contributed by atoms with Crippen molar-refractivity contribution in [2.75, 3.05) is 11.9 Å². The van der Waals surface area contributed by atoms with Gasteiger partial charge in [-0.1, -0.05) is 43.6 Å². The van der Waals surface area contributed by atoms with E-state index in [4.69, 9.17) is 16.3 Å². The molecule has 0 bridgehead atoms. The van der Waals surface area contributed by atoms with E-state index in [0.29, 0.717) is 30.4 Å². The van der Waals surface area contributed by atoms with Gasteiger partial charge < -0.3 is 10.1 Å². The maximum atomic E-state index is 12.0. The molecule has 0 heterocycles. The highest BCUT2D eigenvalue weighted by Crippen LogP contribution is 2.21. The van der Waals surface area contributed by atoms with Crippen LogP contribution in [0, 0.1) is 6.92 Å². The van der Waals surface area contributed by atoms with Crippen LogP contribution in [0.2, 0.25) is 5.02 Å². The molecule has 3 nitrogen and oxygen atoms in total. The van der Waals surface area contributed by atoms with Crippen LogP contribution in [-0.4, -0.2) is 12.5 Å². The van der Waals surface area contributed by atoms with Crippen molar-refractivity contribution in [3.05, 3.63) is 58.6 Å². The lowest BCUT2D eigenvalue weighted by molar-refractivity contribution is -0.116. The number of rotatable bonds is 7. The third-order valence-corrected chi connectivity index (χ3v) is 4.07. The van der Waals surface area contributed by atoms with Gasteiger partial charge in [-0.3, -0.25) is 4.79 Å². The zero-order chi connectivity index (χ0) is 17.5. The first-order chi connectivity index (χ1) is 11.5. The zero-order valence-corrected chi connectivity index (χ0v) is 15.2. The second-order valence-electron chi connectivity index (χ2n) is 6.18. The highest BCUT2D eigenvalue weighted by atomic mass is 35.5. The number of hydrogen-bond acceptors (Lipinski definition) is 2. The highest BCUT2D eigenvalue weighted by molar-refractivity contribution is 6.31. The van der Waals surface area contributed by atoms with Crippen LogP contribution in [0.1, 0.15) is 43.7 Å². The number of ether oxygens (including phenoxy) is 1. The Morgan fingerprint density at radius 2 is 1.88 bits per heavy atom. The van der Waals surface area contributed by atoms with E-state index in [9.17, 15) is 4.79 Å². The first-order valence-electron chi connectivity index (χ1n) is 8.24. The van der Waals surface area contributed by atoms with E-state index in [1.54, 1.807) is 6.07 Å². The van der Waals surface area contributed by atoms with Crippen molar-refractivity contribution < 1.29 is 9.53 Å². The molecule has 2 aromatic rings. The molecule has 0 unspecified atom stereocenters. The molecular weight excluding hydrogens is 322 g/mol. The van der Waals surface area contributed by atoms with E-state index in [1.807, 2.05) is 31.2 Å². The summed E-state index contributed by atoms with van der Waals surface area (Å²) in [5.41, 5.74) is 3.05. The summed E-state index contributed by atoms with van der Waals surface area (Å²) in [7, 11) is 0. The van der Waals surface area contributed by atoms with Gasteiger partial charge in [-0.2, -0.15) is 0 Å². The number of carbonyl (C=O) groups excluding carboxylic acids is 1. The number of anilines is 1. The molecule has 0 radical (unpaired) electrons. The Bertz CT molecular complexity index is 681. The summed E-state index contributed by atoms with van der Waals surface area (Å²) in [6, 6.07) is 13.6. The van der Waals surface area contributed by atoms with E-state index in [1.165, 1.54) is 5.56 Å². The summed E-state index contributed by atoms with van der Waals surface area (Å²) in [4.78, 5) is 12.0. The lowest BCUT2D eigenvalue weighted by atomic mass is 10.0. The minimum atomic E-state index is -0.0286. The van der Waals surface area contributed by atoms with Gasteiger partial charge in [0, 0.05) is 17.1 Å². The molecule has 2 aromatic carbocycles. The van der Waals surface area contributed by atoms with Gasteiger partial charge in [0.25, 0.3) is 0 Å². The van der Waals surface area contributed by atoms with E-state index in [0.717, 1.165) is 17.0 Å². The number of aryl methyl sites for hydroxylation is 1. The summed E-state index contributed by atoms with van der Waals surface area (Å²) < 4.78 is 5.68. The molecule has 0 aliphatic rings. The van der Waals surface area contributed by atoms with E-state index >= 15 is 0 Å². The Labute approximate surface area is 149 Å². The van der Waals surface area contributed by atoms with Gasteiger partial charge in [0.2, 0.25) is 5.91 Å². The molecule has 0 saturated heterocycles.